The highest BCUT2D eigenvalue weighted by atomic mass is 35.5. The van der Waals surface area contributed by atoms with Crippen molar-refractivity contribution in [1.29, 1.82) is 0 Å². The zero-order valence-corrected chi connectivity index (χ0v) is 16.1. The number of nitro benzene ring substituents is 1. The maximum atomic E-state index is 12.1. The van der Waals surface area contributed by atoms with Gasteiger partial charge in [0, 0.05) is 17.3 Å². The lowest BCUT2D eigenvalue weighted by atomic mass is 10.1. The van der Waals surface area contributed by atoms with Gasteiger partial charge in [-0.15, -0.1) is 0 Å². The van der Waals surface area contributed by atoms with Crippen LogP contribution in [0.25, 0.3) is 0 Å². The number of rotatable bonds is 5. The van der Waals surface area contributed by atoms with Crippen molar-refractivity contribution < 1.29 is 24.0 Å². The topological polar surface area (TPSA) is 121 Å². The highest BCUT2D eigenvalue weighted by Gasteiger charge is 2.22. The molecule has 0 fully saturated rings. The first-order chi connectivity index (χ1) is 13.0. The summed E-state index contributed by atoms with van der Waals surface area (Å²) in [6.07, 6.45) is 0.540. The summed E-state index contributed by atoms with van der Waals surface area (Å²) in [5, 5.41) is 14.1. The second-order valence-electron chi connectivity index (χ2n) is 6.66. The fourth-order valence-corrected chi connectivity index (χ4v) is 2.24. The molecule has 1 aromatic carbocycles. The van der Waals surface area contributed by atoms with E-state index in [1.54, 1.807) is 20.8 Å². The third-order valence-electron chi connectivity index (χ3n) is 3.23. The lowest BCUT2D eigenvalue weighted by molar-refractivity contribution is -0.385. The smallest absolute Gasteiger partial charge is 0.413 e. The molecule has 1 N–H and O–H groups in total. The first kappa shape index (κ1) is 21.1. The third kappa shape index (κ3) is 6.20. The minimum atomic E-state index is -0.861. The molecule has 0 spiro atoms. The second-order valence-corrected chi connectivity index (χ2v) is 7.10. The summed E-state index contributed by atoms with van der Waals surface area (Å²) in [6, 6.07) is 6.75. The number of esters is 1. The molecule has 0 saturated carbocycles. The van der Waals surface area contributed by atoms with Crippen LogP contribution in [0.1, 0.15) is 36.7 Å². The van der Waals surface area contributed by atoms with Crippen LogP contribution in [0.3, 0.4) is 0 Å². The Kier molecular flexibility index (Phi) is 6.53. The van der Waals surface area contributed by atoms with Gasteiger partial charge in [0.2, 0.25) is 0 Å². The molecule has 10 heteroatoms. The Morgan fingerprint density at radius 3 is 2.57 bits per heavy atom. The second kappa shape index (κ2) is 8.66. The molecule has 1 amide bonds. The number of halogens is 1. The van der Waals surface area contributed by atoms with Gasteiger partial charge < -0.3 is 9.47 Å². The molecule has 1 heterocycles. The Balaban J connectivity index is 2.09. The molecular formula is C18H18ClN3O6. The van der Waals surface area contributed by atoms with Gasteiger partial charge in [-0.05, 0) is 45.0 Å². The van der Waals surface area contributed by atoms with Crippen molar-refractivity contribution in [2.75, 3.05) is 5.32 Å². The molecule has 0 aliphatic heterocycles. The van der Waals surface area contributed by atoms with Crippen LogP contribution in [0.5, 0.6) is 0 Å². The summed E-state index contributed by atoms with van der Waals surface area (Å²) in [5.41, 5.74) is -0.957. The Morgan fingerprint density at radius 1 is 1.25 bits per heavy atom. The maximum absolute atomic E-state index is 12.1. The SMILES string of the molecule is CC(C)(C)OC(=O)c1ccc(COC(=O)Nc2cc(Cl)ccn2)c([N+](=O)[O-])c1. The highest BCUT2D eigenvalue weighted by molar-refractivity contribution is 6.30. The van der Waals surface area contributed by atoms with E-state index in [2.05, 4.69) is 10.3 Å². The van der Waals surface area contributed by atoms with E-state index in [-0.39, 0.29) is 29.2 Å². The first-order valence-corrected chi connectivity index (χ1v) is 8.49. The first-order valence-electron chi connectivity index (χ1n) is 8.11. The van der Waals surface area contributed by atoms with Crippen molar-refractivity contribution in [2.24, 2.45) is 0 Å². The zero-order valence-electron chi connectivity index (χ0n) is 15.4. The molecule has 2 aromatic rings. The molecule has 0 saturated heterocycles. The van der Waals surface area contributed by atoms with E-state index in [1.807, 2.05) is 0 Å². The van der Waals surface area contributed by atoms with Crippen molar-refractivity contribution in [3.05, 3.63) is 62.8 Å². The summed E-state index contributed by atoms with van der Waals surface area (Å²) < 4.78 is 10.2. The molecule has 2 rings (SSSR count). The lowest BCUT2D eigenvalue weighted by Crippen LogP contribution is -2.24. The highest BCUT2D eigenvalue weighted by Crippen LogP contribution is 2.23. The Morgan fingerprint density at radius 2 is 1.96 bits per heavy atom. The predicted molar refractivity (Wildman–Crippen MR) is 101 cm³/mol. The molecule has 0 aliphatic carbocycles. The minimum absolute atomic E-state index is 0.0259. The number of ether oxygens (including phenoxy) is 2. The molecular weight excluding hydrogens is 390 g/mol. The third-order valence-corrected chi connectivity index (χ3v) is 3.46. The predicted octanol–water partition coefficient (Wildman–Crippen LogP) is 4.35. The quantitative estimate of drug-likeness (QED) is 0.444. The van der Waals surface area contributed by atoms with Crippen molar-refractivity contribution in [2.45, 2.75) is 33.0 Å². The summed E-state index contributed by atoms with van der Waals surface area (Å²) in [5.74, 6) is -0.514. The maximum Gasteiger partial charge on any atom is 0.413 e. The van der Waals surface area contributed by atoms with Gasteiger partial charge in [0.25, 0.3) is 5.69 Å². The molecule has 0 bridgehead atoms. The number of carbonyl (C=O) groups is 2. The molecule has 9 nitrogen and oxygen atoms in total. The van der Waals surface area contributed by atoms with E-state index in [4.69, 9.17) is 21.1 Å². The van der Waals surface area contributed by atoms with Gasteiger partial charge >= 0.3 is 12.1 Å². The molecule has 0 atom stereocenters. The number of aromatic nitrogens is 1. The minimum Gasteiger partial charge on any atom is -0.456 e. The molecule has 0 aliphatic rings. The van der Waals surface area contributed by atoms with Crippen LogP contribution in [0.15, 0.2) is 36.5 Å². The fraction of sp³-hybridized carbons (Fsp3) is 0.278. The molecule has 148 valence electrons. The van der Waals surface area contributed by atoms with E-state index in [0.29, 0.717) is 5.02 Å². The lowest BCUT2D eigenvalue weighted by Gasteiger charge is -2.19. The van der Waals surface area contributed by atoms with Crippen LogP contribution < -0.4 is 5.32 Å². The van der Waals surface area contributed by atoms with E-state index >= 15 is 0 Å². The number of carbonyl (C=O) groups excluding carboxylic acids is 2. The van der Waals surface area contributed by atoms with Crippen molar-refractivity contribution in [3.63, 3.8) is 0 Å². The van der Waals surface area contributed by atoms with Crippen molar-refractivity contribution in [3.8, 4) is 0 Å². The van der Waals surface area contributed by atoms with Gasteiger partial charge in [-0.1, -0.05) is 11.6 Å². The van der Waals surface area contributed by atoms with Crippen LogP contribution in [0, 0.1) is 10.1 Å². The van der Waals surface area contributed by atoms with Gasteiger partial charge in [-0.2, -0.15) is 0 Å². The average Bonchev–Trinajstić information content (AvgIpc) is 2.58. The summed E-state index contributed by atoms with van der Waals surface area (Å²) in [4.78, 5) is 38.5. The van der Waals surface area contributed by atoms with Gasteiger partial charge in [0.1, 0.15) is 18.0 Å². The largest absolute Gasteiger partial charge is 0.456 e. The van der Waals surface area contributed by atoms with Crippen LogP contribution in [-0.4, -0.2) is 27.6 Å². The average molecular weight is 408 g/mol. The Labute approximate surface area is 165 Å². The fourth-order valence-electron chi connectivity index (χ4n) is 2.08. The van der Waals surface area contributed by atoms with Gasteiger partial charge in [0.05, 0.1) is 16.1 Å². The van der Waals surface area contributed by atoms with Crippen LogP contribution in [0.4, 0.5) is 16.3 Å². The van der Waals surface area contributed by atoms with Crippen molar-refractivity contribution >= 4 is 35.2 Å². The Hall–Kier alpha value is -3.20. The number of amides is 1. The van der Waals surface area contributed by atoms with E-state index in [9.17, 15) is 19.7 Å². The number of nitro groups is 1. The summed E-state index contributed by atoms with van der Waals surface area (Å²) in [6.45, 7) is 4.69. The number of pyridine rings is 1. The van der Waals surface area contributed by atoms with Gasteiger partial charge in [-0.3, -0.25) is 15.4 Å². The van der Waals surface area contributed by atoms with Crippen molar-refractivity contribution in [1.82, 2.24) is 4.98 Å². The summed E-state index contributed by atoms with van der Waals surface area (Å²) in [7, 11) is 0. The van der Waals surface area contributed by atoms with Crippen LogP contribution in [0.2, 0.25) is 5.02 Å². The number of benzene rings is 1. The number of hydrogen-bond donors (Lipinski definition) is 1. The normalized spacial score (nSPS) is 10.9. The molecule has 0 radical (unpaired) electrons. The number of anilines is 1. The van der Waals surface area contributed by atoms with Crippen LogP contribution >= 0.6 is 11.6 Å². The molecule has 1 aromatic heterocycles. The monoisotopic (exact) mass is 407 g/mol. The number of nitrogens with zero attached hydrogens (tertiary/aromatic N) is 2. The number of nitrogens with one attached hydrogen (secondary N) is 1. The Bertz CT molecular complexity index is 910. The van der Waals surface area contributed by atoms with E-state index in [0.717, 1.165) is 6.07 Å². The van der Waals surface area contributed by atoms with Gasteiger partial charge in [-0.25, -0.2) is 14.6 Å². The standard InChI is InChI=1S/C18H18ClN3O6/c1-18(2,3)28-16(23)11-4-5-12(14(8-11)22(25)26)10-27-17(24)21-15-9-13(19)6-7-20-15/h4-9H,10H2,1-3H3,(H,20,21,24). The van der Waals surface area contributed by atoms with E-state index in [1.165, 1.54) is 30.5 Å². The summed E-state index contributed by atoms with van der Waals surface area (Å²) >= 11 is 5.79. The van der Waals surface area contributed by atoms with Gasteiger partial charge in [0.15, 0.2) is 0 Å². The zero-order chi connectivity index (χ0) is 20.9. The van der Waals surface area contributed by atoms with Crippen LogP contribution in [-0.2, 0) is 16.1 Å². The van der Waals surface area contributed by atoms with E-state index < -0.39 is 22.6 Å². The molecule has 28 heavy (non-hydrogen) atoms. The molecule has 0 unspecified atom stereocenters. The number of hydrogen-bond acceptors (Lipinski definition) is 7.